The smallest absolute Gasteiger partial charge is 0.407 e. The Labute approximate surface area is 146 Å². The van der Waals surface area contributed by atoms with Gasteiger partial charge in [0, 0.05) is 16.2 Å². The first-order valence-corrected chi connectivity index (χ1v) is 8.98. The van der Waals surface area contributed by atoms with Crippen LogP contribution in [0.1, 0.15) is 39.7 Å². The van der Waals surface area contributed by atoms with Crippen molar-refractivity contribution < 1.29 is 18.8 Å². The molecule has 5 nitrogen and oxygen atoms in total. The molecule has 0 saturated heterocycles. The first-order chi connectivity index (χ1) is 11.0. The summed E-state index contributed by atoms with van der Waals surface area (Å²) in [5.41, 5.74) is 0.474. The van der Waals surface area contributed by atoms with Crippen molar-refractivity contribution >= 4 is 16.9 Å². The van der Waals surface area contributed by atoms with E-state index in [0.717, 1.165) is 5.56 Å². The van der Waals surface area contributed by atoms with Crippen LogP contribution in [0, 0.1) is 6.92 Å². The minimum atomic E-state index is -1.40. The largest absolute Gasteiger partial charge is 0.444 e. The summed E-state index contributed by atoms with van der Waals surface area (Å²) in [7, 11) is -1.40. The lowest BCUT2D eigenvalue weighted by atomic mass is 10.1. The molecule has 0 aliphatic rings. The Bertz CT molecular complexity index is 604. The predicted molar refractivity (Wildman–Crippen MR) is 96.2 cm³/mol. The molecule has 1 aromatic carbocycles. The zero-order valence-corrected chi connectivity index (χ0v) is 15.8. The molecule has 6 heteroatoms. The van der Waals surface area contributed by atoms with Gasteiger partial charge in [0.25, 0.3) is 0 Å². The van der Waals surface area contributed by atoms with Gasteiger partial charge >= 0.3 is 6.09 Å². The summed E-state index contributed by atoms with van der Waals surface area (Å²) in [6, 6.07) is 6.77. The normalized spacial score (nSPS) is 15.2. The number of hydrogen-bond donors (Lipinski definition) is 2. The molecule has 0 aliphatic heterocycles. The van der Waals surface area contributed by atoms with Crippen molar-refractivity contribution in [1.82, 2.24) is 5.32 Å². The molecule has 0 heterocycles. The van der Waals surface area contributed by atoms with Gasteiger partial charge in [0.05, 0.1) is 22.9 Å². The number of ether oxygens (including phenoxy) is 1. The number of hydrogen-bond acceptors (Lipinski definition) is 4. The minimum Gasteiger partial charge on any atom is -0.444 e. The van der Waals surface area contributed by atoms with E-state index < -0.39 is 34.6 Å². The highest BCUT2D eigenvalue weighted by Crippen LogP contribution is 2.19. The second-order valence-corrected chi connectivity index (χ2v) is 8.41. The second-order valence-electron chi connectivity index (χ2n) is 6.83. The SMILES string of the molecule is C=C(C[C@@H](O)[C@H](C)NC(=O)OC(C)(C)C)[S@@](=O)c1ccc(C)cc1. The minimum absolute atomic E-state index is 0.122. The third kappa shape index (κ3) is 6.84. The fraction of sp³-hybridized carbons (Fsp3) is 0.500. The van der Waals surface area contributed by atoms with Crippen LogP contribution in [-0.4, -0.2) is 33.2 Å². The quantitative estimate of drug-likeness (QED) is 0.823. The number of aliphatic hydroxyl groups excluding tert-OH is 1. The maximum Gasteiger partial charge on any atom is 0.407 e. The zero-order chi connectivity index (χ0) is 18.5. The summed E-state index contributed by atoms with van der Waals surface area (Å²) in [6.45, 7) is 12.7. The van der Waals surface area contributed by atoms with Crippen molar-refractivity contribution in [3.05, 3.63) is 41.3 Å². The van der Waals surface area contributed by atoms with E-state index in [1.54, 1.807) is 39.8 Å². The van der Waals surface area contributed by atoms with E-state index in [9.17, 15) is 14.1 Å². The molecule has 0 aliphatic carbocycles. The van der Waals surface area contributed by atoms with Crippen molar-refractivity contribution in [2.24, 2.45) is 0 Å². The van der Waals surface area contributed by atoms with Crippen LogP contribution >= 0.6 is 0 Å². The monoisotopic (exact) mass is 353 g/mol. The Morgan fingerprint density at radius 3 is 2.38 bits per heavy atom. The number of carbonyl (C=O) groups is 1. The summed E-state index contributed by atoms with van der Waals surface area (Å²) in [6.07, 6.45) is -1.38. The molecular weight excluding hydrogens is 326 g/mol. The second kappa shape index (κ2) is 8.44. The lowest BCUT2D eigenvalue weighted by Gasteiger charge is -2.24. The van der Waals surface area contributed by atoms with Gasteiger partial charge in [-0.2, -0.15) is 0 Å². The van der Waals surface area contributed by atoms with E-state index in [-0.39, 0.29) is 6.42 Å². The first kappa shape index (κ1) is 20.4. The molecule has 0 bridgehead atoms. The number of aliphatic hydroxyl groups is 1. The van der Waals surface area contributed by atoms with Gasteiger partial charge in [-0.3, -0.25) is 0 Å². The summed E-state index contributed by atoms with van der Waals surface area (Å²) < 4.78 is 17.6. The van der Waals surface area contributed by atoms with Gasteiger partial charge in [-0.05, 0) is 46.8 Å². The Morgan fingerprint density at radius 2 is 1.88 bits per heavy atom. The summed E-state index contributed by atoms with van der Waals surface area (Å²) >= 11 is 0. The molecule has 1 amide bonds. The van der Waals surface area contributed by atoms with Crippen LogP contribution in [0.2, 0.25) is 0 Å². The average Bonchev–Trinajstić information content (AvgIpc) is 2.44. The highest BCUT2D eigenvalue weighted by molar-refractivity contribution is 7.89. The Morgan fingerprint density at radius 1 is 1.33 bits per heavy atom. The van der Waals surface area contributed by atoms with Crippen LogP contribution in [0.15, 0.2) is 40.6 Å². The van der Waals surface area contributed by atoms with E-state index in [1.807, 2.05) is 19.1 Å². The highest BCUT2D eigenvalue weighted by Gasteiger charge is 2.23. The van der Waals surface area contributed by atoms with Crippen LogP contribution in [0.4, 0.5) is 4.79 Å². The van der Waals surface area contributed by atoms with Gasteiger partial charge in [-0.25, -0.2) is 9.00 Å². The van der Waals surface area contributed by atoms with Crippen LogP contribution in [0.5, 0.6) is 0 Å². The Hall–Kier alpha value is -1.66. The van der Waals surface area contributed by atoms with Gasteiger partial charge in [0.2, 0.25) is 0 Å². The van der Waals surface area contributed by atoms with Crippen molar-refractivity contribution in [2.75, 3.05) is 0 Å². The molecule has 0 fully saturated rings. The van der Waals surface area contributed by atoms with Crippen molar-refractivity contribution in [2.45, 2.75) is 63.7 Å². The van der Waals surface area contributed by atoms with Gasteiger partial charge in [-0.15, -0.1) is 0 Å². The van der Waals surface area contributed by atoms with Crippen LogP contribution in [0.25, 0.3) is 0 Å². The molecule has 3 atom stereocenters. The van der Waals surface area contributed by atoms with Gasteiger partial charge < -0.3 is 15.2 Å². The van der Waals surface area contributed by atoms with Crippen molar-refractivity contribution in [3.63, 3.8) is 0 Å². The van der Waals surface area contributed by atoms with Crippen molar-refractivity contribution in [1.29, 1.82) is 0 Å². The number of alkyl carbamates (subject to hydrolysis) is 1. The van der Waals surface area contributed by atoms with E-state index in [0.29, 0.717) is 9.80 Å². The average molecular weight is 353 g/mol. The van der Waals surface area contributed by atoms with Crippen LogP contribution in [0.3, 0.4) is 0 Å². The van der Waals surface area contributed by atoms with Crippen LogP contribution < -0.4 is 5.32 Å². The van der Waals surface area contributed by atoms with Crippen LogP contribution in [-0.2, 0) is 15.5 Å². The molecule has 24 heavy (non-hydrogen) atoms. The van der Waals surface area contributed by atoms with Gasteiger partial charge in [-0.1, -0.05) is 24.3 Å². The third-order valence-electron chi connectivity index (χ3n) is 3.26. The highest BCUT2D eigenvalue weighted by atomic mass is 32.2. The van der Waals surface area contributed by atoms with Gasteiger partial charge in [0.1, 0.15) is 5.60 Å². The molecule has 0 spiro atoms. The predicted octanol–water partition coefficient (Wildman–Crippen LogP) is 3.28. The van der Waals surface area contributed by atoms with E-state index >= 15 is 0 Å². The first-order valence-electron chi connectivity index (χ1n) is 7.83. The van der Waals surface area contributed by atoms with Crippen molar-refractivity contribution in [3.8, 4) is 0 Å². The van der Waals surface area contributed by atoms with E-state index in [2.05, 4.69) is 11.9 Å². The molecule has 1 rings (SSSR count). The standard InChI is InChI=1S/C18H27NO4S/c1-12-7-9-15(10-8-12)24(22)13(2)11-16(20)14(3)19-17(21)23-18(4,5)6/h7-10,14,16,20H,2,11H2,1,3-6H3,(H,19,21)/t14-,16+,24+/m0/s1. The fourth-order valence-electron chi connectivity index (χ4n) is 1.90. The molecule has 0 radical (unpaired) electrons. The molecule has 2 N–H and O–H groups in total. The van der Waals surface area contributed by atoms with E-state index in [1.165, 1.54) is 0 Å². The summed E-state index contributed by atoms with van der Waals surface area (Å²) in [5.74, 6) is 0. The number of amides is 1. The number of rotatable bonds is 6. The molecule has 1 aromatic rings. The lowest BCUT2D eigenvalue weighted by Crippen LogP contribution is -2.43. The number of aryl methyl sites for hydroxylation is 1. The third-order valence-corrected chi connectivity index (χ3v) is 4.65. The molecular formula is C18H27NO4S. The van der Waals surface area contributed by atoms with Gasteiger partial charge in [0.15, 0.2) is 0 Å². The fourth-order valence-corrected chi connectivity index (χ4v) is 2.94. The number of carbonyl (C=O) groups excluding carboxylic acids is 1. The maximum atomic E-state index is 12.4. The lowest BCUT2D eigenvalue weighted by molar-refractivity contribution is 0.0438. The summed E-state index contributed by atoms with van der Waals surface area (Å²) in [4.78, 5) is 12.8. The number of benzene rings is 1. The topological polar surface area (TPSA) is 75.6 Å². The number of nitrogens with one attached hydrogen (secondary N) is 1. The summed E-state index contributed by atoms with van der Waals surface area (Å²) in [5, 5.41) is 12.8. The maximum absolute atomic E-state index is 12.4. The van der Waals surface area contributed by atoms with E-state index in [4.69, 9.17) is 4.74 Å². The molecule has 134 valence electrons. The molecule has 0 saturated carbocycles. The molecule has 0 aromatic heterocycles. The Balaban J connectivity index is 2.58. The molecule has 0 unspecified atom stereocenters. The Kier molecular flexibility index (Phi) is 7.17. The zero-order valence-electron chi connectivity index (χ0n) is 15.0.